The zero-order valence-corrected chi connectivity index (χ0v) is 24.3. The van der Waals surface area contributed by atoms with Gasteiger partial charge in [-0.15, -0.1) is 5.73 Å². The molecule has 0 atom stereocenters. The molecule has 0 amide bonds. The second-order valence-corrected chi connectivity index (χ2v) is 8.82. The molecule has 0 saturated carbocycles. The molecular weight excluding hydrogens is 578 g/mol. The number of esters is 1. The first-order valence-electron chi connectivity index (χ1n) is 12.8. The first-order valence-corrected chi connectivity index (χ1v) is 12.8. The van der Waals surface area contributed by atoms with Crippen molar-refractivity contribution in [3.8, 4) is 0 Å². The number of anilines is 1. The van der Waals surface area contributed by atoms with Gasteiger partial charge in [-0.2, -0.15) is 26.3 Å². The highest BCUT2D eigenvalue weighted by atomic mass is 19.4. The molecule has 0 bridgehead atoms. The van der Waals surface area contributed by atoms with Crippen molar-refractivity contribution in [3.63, 3.8) is 0 Å². The lowest BCUT2D eigenvalue weighted by Crippen LogP contribution is -2.15. The minimum absolute atomic E-state index is 0.0561. The van der Waals surface area contributed by atoms with Crippen molar-refractivity contribution in [2.24, 2.45) is 4.99 Å². The predicted octanol–water partition coefficient (Wildman–Crippen LogP) is 7.74. The zero-order chi connectivity index (χ0) is 32.6. The number of rotatable bonds is 12. The Labute approximate surface area is 246 Å². The molecule has 0 aliphatic carbocycles. The van der Waals surface area contributed by atoms with Crippen LogP contribution in [0.4, 0.5) is 32.0 Å². The molecule has 2 rings (SSSR count). The molecule has 7 nitrogen and oxygen atoms in total. The van der Waals surface area contributed by atoms with E-state index in [0.717, 1.165) is 6.08 Å². The molecule has 13 heteroatoms. The lowest BCUT2D eigenvalue weighted by molar-refractivity contribution is -0.140. The minimum Gasteiger partial charge on any atom is -0.469 e. The quantitative estimate of drug-likeness (QED) is 0.0868. The van der Waals surface area contributed by atoms with E-state index in [4.69, 9.17) is 9.47 Å². The number of hydrogen-bond acceptors (Lipinski definition) is 7. The van der Waals surface area contributed by atoms with Gasteiger partial charge in [0.2, 0.25) is 0 Å². The molecule has 0 fully saturated rings. The maximum Gasteiger partial charge on any atom is 0.392 e. The Kier molecular flexibility index (Phi) is 15.1. The standard InChI is InChI=1S/C24H27F6N3O3.C6H7N/c1-5-18(14(2)8-10-23(25,26)27)32-21-16-7-6-15(9-11-24(28,29)30)31-22(16)33-19(13-35-3)17(21)12-20(34)36-4;1-3-4-5-6-7-2/h5-8H,9-13H2,1-4H3,(H,31,32,33);4-6H,1-2H2/b14-8-,18-5+;6-5-. The van der Waals surface area contributed by atoms with E-state index >= 15 is 0 Å². The van der Waals surface area contributed by atoms with Gasteiger partial charge in [0, 0.05) is 42.1 Å². The molecule has 0 aliphatic rings. The average Bonchev–Trinajstić information content (AvgIpc) is 2.94. The summed E-state index contributed by atoms with van der Waals surface area (Å²) in [4.78, 5) is 24.3. The van der Waals surface area contributed by atoms with Gasteiger partial charge in [-0.3, -0.25) is 9.79 Å². The van der Waals surface area contributed by atoms with Gasteiger partial charge in [0.1, 0.15) is 0 Å². The molecule has 43 heavy (non-hydrogen) atoms. The monoisotopic (exact) mass is 612 g/mol. The Morgan fingerprint density at radius 2 is 1.84 bits per heavy atom. The second kappa shape index (κ2) is 17.7. The van der Waals surface area contributed by atoms with Crippen molar-refractivity contribution in [1.82, 2.24) is 9.97 Å². The highest BCUT2D eigenvalue weighted by molar-refractivity contribution is 5.94. The summed E-state index contributed by atoms with van der Waals surface area (Å²) >= 11 is 0. The molecule has 2 heterocycles. The molecule has 234 valence electrons. The van der Waals surface area contributed by atoms with E-state index in [0.29, 0.717) is 27.9 Å². The molecule has 0 aromatic carbocycles. The first-order chi connectivity index (χ1) is 20.2. The fraction of sp³-hybridized carbons (Fsp3) is 0.367. The van der Waals surface area contributed by atoms with Crippen molar-refractivity contribution in [2.75, 3.05) is 19.5 Å². The number of nitrogens with one attached hydrogen (secondary N) is 1. The van der Waals surface area contributed by atoms with Crippen LogP contribution in [0.15, 0.2) is 71.2 Å². The van der Waals surface area contributed by atoms with Crippen LogP contribution in [0.5, 0.6) is 0 Å². The van der Waals surface area contributed by atoms with Crippen molar-refractivity contribution >= 4 is 29.4 Å². The SMILES string of the molecule is C/C=C(Nc1c(CC(=O)OC)c(COC)nc2nc(CCC(F)(F)F)ccc12)\C(C)=C/CC(F)(F)F.C=C=C/C=C\N=C. The number of pyridine rings is 2. The van der Waals surface area contributed by atoms with Crippen LogP contribution in [0.1, 0.15) is 43.6 Å². The van der Waals surface area contributed by atoms with E-state index in [-0.39, 0.29) is 36.5 Å². The third-order valence-electron chi connectivity index (χ3n) is 5.61. The topological polar surface area (TPSA) is 85.7 Å². The van der Waals surface area contributed by atoms with Crippen LogP contribution < -0.4 is 5.32 Å². The summed E-state index contributed by atoms with van der Waals surface area (Å²) < 4.78 is 86.3. The predicted molar refractivity (Wildman–Crippen MR) is 155 cm³/mol. The summed E-state index contributed by atoms with van der Waals surface area (Å²) in [6.07, 6.45) is -4.01. The third kappa shape index (κ3) is 13.5. The van der Waals surface area contributed by atoms with E-state index in [1.807, 2.05) is 0 Å². The van der Waals surface area contributed by atoms with Crippen LogP contribution in [-0.4, -0.2) is 49.2 Å². The molecule has 0 unspecified atom stereocenters. The Balaban J connectivity index is 0.00000117. The first kappa shape index (κ1) is 36.8. The number of methoxy groups -OCH3 is 2. The average molecular weight is 613 g/mol. The van der Waals surface area contributed by atoms with Gasteiger partial charge >= 0.3 is 18.3 Å². The van der Waals surface area contributed by atoms with Gasteiger partial charge in [-0.25, -0.2) is 9.97 Å². The highest BCUT2D eigenvalue weighted by Crippen LogP contribution is 2.33. The fourth-order valence-electron chi connectivity index (χ4n) is 3.57. The zero-order valence-electron chi connectivity index (χ0n) is 24.3. The lowest BCUT2D eigenvalue weighted by atomic mass is 10.0. The second-order valence-electron chi connectivity index (χ2n) is 8.82. The molecule has 1 N–H and O–H groups in total. The van der Waals surface area contributed by atoms with Crippen LogP contribution in [0.25, 0.3) is 11.0 Å². The van der Waals surface area contributed by atoms with Crippen molar-refractivity contribution in [1.29, 1.82) is 0 Å². The maximum absolute atomic E-state index is 12.7. The summed E-state index contributed by atoms with van der Waals surface area (Å²) in [6.45, 7) is 9.64. The number of aromatic nitrogens is 2. The van der Waals surface area contributed by atoms with Crippen molar-refractivity contribution in [3.05, 3.63) is 83.2 Å². The van der Waals surface area contributed by atoms with Gasteiger partial charge < -0.3 is 14.8 Å². The molecule has 0 spiro atoms. The number of fused-ring (bicyclic) bond motifs is 1. The number of aliphatic imine (C=N–C) groups is 1. The van der Waals surface area contributed by atoms with Gasteiger partial charge in [0.25, 0.3) is 0 Å². The van der Waals surface area contributed by atoms with Gasteiger partial charge in [-0.05, 0) is 56.8 Å². The lowest BCUT2D eigenvalue weighted by Gasteiger charge is -2.20. The number of hydrogen-bond donors (Lipinski definition) is 1. The van der Waals surface area contributed by atoms with Crippen molar-refractivity contribution in [2.45, 2.75) is 58.5 Å². The summed E-state index contributed by atoms with van der Waals surface area (Å²) in [5.41, 5.74) is 4.42. The number of halogens is 6. The van der Waals surface area contributed by atoms with Crippen LogP contribution in [0, 0.1) is 0 Å². The largest absolute Gasteiger partial charge is 0.469 e. The maximum atomic E-state index is 12.7. The van der Waals surface area contributed by atoms with E-state index in [1.165, 1.54) is 33.3 Å². The number of carbonyl (C=O) groups excluding carboxylic acids is 1. The number of ether oxygens (including phenoxy) is 2. The van der Waals surface area contributed by atoms with Crippen molar-refractivity contribution < 1.29 is 40.6 Å². The smallest absolute Gasteiger partial charge is 0.392 e. The minimum atomic E-state index is -4.39. The van der Waals surface area contributed by atoms with E-state index in [1.54, 1.807) is 31.4 Å². The van der Waals surface area contributed by atoms with Crippen LogP contribution >= 0.6 is 0 Å². The fourth-order valence-corrected chi connectivity index (χ4v) is 3.57. The van der Waals surface area contributed by atoms with Crippen LogP contribution in [0.3, 0.4) is 0 Å². The van der Waals surface area contributed by atoms with E-state index in [9.17, 15) is 31.1 Å². The molecule has 0 saturated heterocycles. The third-order valence-corrected chi connectivity index (χ3v) is 5.61. The normalized spacial score (nSPS) is 12.4. The molecule has 2 aromatic heterocycles. The Bertz CT molecular complexity index is 1390. The summed E-state index contributed by atoms with van der Waals surface area (Å²) in [5, 5.41) is 3.45. The molecule has 0 radical (unpaired) electrons. The summed E-state index contributed by atoms with van der Waals surface area (Å²) in [5.74, 6) is -0.599. The van der Waals surface area contributed by atoms with E-state index in [2.05, 4.69) is 39.3 Å². The Morgan fingerprint density at radius 3 is 2.37 bits per heavy atom. The van der Waals surface area contributed by atoms with E-state index < -0.39 is 31.2 Å². The molecule has 2 aromatic rings. The van der Waals surface area contributed by atoms with Gasteiger partial charge in [0.05, 0.1) is 37.9 Å². The number of alkyl halides is 6. The summed E-state index contributed by atoms with van der Waals surface area (Å²) in [7, 11) is 2.60. The van der Waals surface area contributed by atoms with Crippen LogP contribution in [-0.2, 0) is 33.7 Å². The number of carbonyl (C=O) groups is 1. The molecular formula is C30H34F6N4O3. The Hall–Kier alpha value is -4.22. The number of aryl methyl sites for hydroxylation is 1. The van der Waals surface area contributed by atoms with Gasteiger partial charge in [-0.1, -0.05) is 18.7 Å². The van der Waals surface area contributed by atoms with Crippen LogP contribution in [0.2, 0.25) is 0 Å². The Morgan fingerprint density at radius 1 is 1.14 bits per heavy atom. The summed E-state index contributed by atoms with van der Waals surface area (Å²) in [6, 6.07) is 2.93. The number of allylic oxidation sites excluding steroid dienone is 5. The van der Waals surface area contributed by atoms with Gasteiger partial charge in [0.15, 0.2) is 5.65 Å². The highest BCUT2D eigenvalue weighted by Gasteiger charge is 2.28. The molecule has 0 aliphatic heterocycles. The number of nitrogens with zero attached hydrogens (tertiary/aromatic N) is 3.